The molecule has 3 nitrogen and oxygen atoms in total. The Morgan fingerprint density at radius 3 is 2.26 bits per heavy atom. The van der Waals surface area contributed by atoms with E-state index in [-0.39, 0.29) is 16.4 Å². The third-order valence-corrected chi connectivity index (χ3v) is 12.2. The average molecular weight is 510 g/mol. The third-order valence-electron chi connectivity index (χ3n) is 10.3. The number of benzene rings is 1. The summed E-state index contributed by atoms with van der Waals surface area (Å²) in [5, 5.41) is 0. The molecule has 172 valence electrons. The summed E-state index contributed by atoms with van der Waals surface area (Å²) in [6.07, 6.45) is 11.2. The Kier molecular flexibility index (Phi) is 5.10. The Morgan fingerprint density at radius 1 is 0.871 bits per heavy atom. The molecule has 0 saturated heterocycles. The van der Waals surface area contributed by atoms with E-state index < -0.39 is 10.1 Å². The van der Waals surface area contributed by atoms with Crippen molar-refractivity contribution in [3.63, 3.8) is 0 Å². The van der Waals surface area contributed by atoms with Gasteiger partial charge < -0.3 is 0 Å². The highest BCUT2D eigenvalue weighted by Crippen LogP contribution is 2.73. The van der Waals surface area contributed by atoms with Crippen molar-refractivity contribution >= 4 is 26.0 Å². The van der Waals surface area contributed by atoms with Crippen molar-refractivity contribution in [2.24, 2.45) is 33.5 Å². The van der Waals surface area contributed by atoms with E-state index in [1.165, 1.54) is 44.9 Å². The summed E-state index contributed by atoms with van der Waals surface area (Å²) in [7, 11) is -3.77. The van der Waals surface area contributed by atoms with E-state index in [2.05, 4.69) is 43.6 Å². The van der Waals surface area contributed by atoms with Crippen molar-refractivity contribution in [1.82, 2.24) is 0 Å². The molecule has 31 heavy (non-hydrogen) atoms. The number of rotatable bonds is 3. The number of fused-ring (bicyclic) bond motifs is 3. The maximum Gasteiger partial charge on any atom is 0.297 e. The molecule has 0 N–H and O–H groups in total. The lowest BCUT2D eigenvalue weighted by Crippen LogP contribution is -2.60. The Balaban J connectivity index is 1.41. The third kappa shape index (κ3) is 3.39. The van der Waals surface area contributed by atoms with Crippen LogP contribution in [-0.2, 0) is 14.3 Å². The van der Waals surface area contributed by atoms with Crippen molar-refractivity contribution in [2.45, 2.75) is 96.5 Å². The molecule has 0 amide bonds. The first-order chi connectivity index (χ1) is 14.4. The van der Waals surface area contributed by atoms with Gasteiger partial charge in [0, 0.05) is 4.47 Å². The van der Waals surface area contributed by atoms with Gasteiger partial charge in [-0.05, 0) is 116 Å². The molecule has 6 unspecified atom stereocenters. The van der Waals surface area contributed by atoms with Gasteiger partial charge in [0.05, 0.1) is 11.0 Å². The molecule has 4 saturated carbocycles. The molecular weight excluding hydrogens is 472 g/mol. The predicted molar refractivity (Wildman–Crippen MR) is 127 cm³/mol. The molecule has 0 heterocycles. The number of halogens is 1. The van der Waals surface area contributed by atoms with Crippen molar-refractivity contribution < 1.29 is 12.6 Å². The van der Waals surface area contributed by atoms with E-state index in [0.29, 0.717) is 22.2 Å². The molecule has 2 bridgehead atoms. The minimum atomic E-state index is -3.77. The van der Waals surface area contributed by atoms with E-state index in [0.717, 1.165) is 23.2 Å². The molecule has 4 aliphatic rings. The lowest BCUT2D eigenvalue weighted by Gasteiger charge is -2.65. The molecule has 5 heteroatoms. The molecule has 0 aliphatic heterocycles. The van der Waals surface area contributed by atoms with E-state index in [9.17, 15) is 8.42 Å². The van der Waals surface area contributed by atoms with Crippen molar-refractivity contribution in [3.8, 4) is 0 Å². The molecule has 1 aromatic rings. The van der Waals surface area contributed by atoms with Crippen molar-refractivity contribution in [1.29, 1.82) is 0 Å². The minimum absolute atomic E-state index is 0.156. The van der Waals surface area contributed by atoms with Crippen molar-refractivity contribution in [3.05, 3.63) is 28.7 Å². The van der Waals surface area contributed by atoms with Crippen LogP contribution < -0.4 is 0 Å². The zero-order valence-electron chi connectivity index (χ0n) is 19.4. The Labute approximate surface area is 197 Å². The lowest BCUT2D eigenvalue weighted by molar-refractivity contribution is -0.177. The second kappa shape index (κ2) is 7.06. The largest absolute Gasteiger partial charge is 0.297 e. The van der Waals surface area contributed by atoms with Crippen LogP contribution >= 0.6 is 15.9 Å². The topological polar surface area (TPSA) is 43.4 Å². The average Bonchev–Trinajstić information content (AvgIpc) is 2.93. The first kappa shape index (κ1) is 22.4. The summed E-state index contributed by atoms with van der Waals surface area (Å²) in [5.74, 6) is 1.30. The highest BCUT2D eigenvalue weighted by Gasteiger charge is 2.65. The van der Waals surface area contributed by atoms with Gasteiger partial charge >= 0.3 is 0 Å². The molecule has 6 atom stereocenters. The summed E-state index contributed by atoms with van der Waals surface area (Å²) < 4.78 is 33.0. The highest BCUT2D eigenvalue weighted by molar-refractivity contribution is 9.10. The second-order valence-corrected chi connectivity index (χ2v) is 14.9. The fourth-order valence-corrected chi connectivity index (χ4v) is 10.4. The first-order valence-corrected chi connectivity index (χ1v) is 14.3. The SMILES string of the molecule is CC12CCC3C(CCC4C(C)(C)C(OS(=O)(=O)c5ccc(Br)cc5)CCC34C)(CC1)C2. The van der Waals surface area contributed by atoms with Gasteiger partial charge in [-0.3, -0.25) is 4.18 Å². The van der Waals surface area contributed by atoms with Gasteiger partial charge in [-0.15, -0.1) is 0 Å². The molecular formula is C26H37BrO3S. The zero-order chi connectivity index (χ0) is 22.3. The first-order valence-electron chi connectivity index (χ1n) is 12.1. The van der Waals surface area contributed by atoms with Crippen molar-refractivity contribution in [2.75, 3.05) is 0 Å². The van der Waals surface area contributed by atoms with Gasteiger partial charge in [-0.25, -0.2) is 0 Å². The molecule has 0 aromatic heterocycles. The van der Waals surface area contributed by atoms with Gasteiger partial charge in [-0.1, -0.05) is 43.6 Å². The molecule has 4 aliphatic carbocycles. The quantitative estimate of drug-likeness (QED) is 0.400. The summed E-state index contributed by atoms with van der Waals surface area (Å²) in [6, 6.07) is 6.78. The molecule has 1 aromatic carbocycles. The maximum absolute atomic E-state index is 13.1. The van der Waals surface area contributed by atoms with Crippen LogP contribution in [0.1, 0.15) is 85.5 Å². The summed E-state index contributed by atoms with van der Waals surface area (Å²) in [4.78, 5) is 0.250. The van der Waals surface area contributed by atoms with E-state index in [4.69, 9.17) is 4.18 Å². The maximum atomic E-state index is 13.1. The van der Waals surface area contributed by atoms with E-state index >= 15 is 0 Å². The normalized spacial score (nSPS) is 43.8. The smallest absolute Gasteiger partial charge is 0.262 e. The Bertz CT molecular complexity index is 971. The van der Waals surface area contributed by atoms with Gasteiger partial charge in [0.15, 0.2) is 0 Å². The zero-order valence-corrected chi connectivity index (χ0v) is 21.8. The number of hydrogen-bond donors (Lipinski definition) is 0. The Morgan fingerprint density at radius 2 is 1.55 bits per heavy atom. The molecule has 4 fully saturated rings. The lowest BCUT2D eigenvalue weighted by atomic mass is 9.40. The predicted octanol–water partition coefficient (Wildman–Crippen LogP) is 7.35. The minimum Gasteiger partial charge on any atom is -0.262 e. The van der Waals surface area contributed by atoms with Crippen LogP contribution in [0.15, 0.2) is 33.6 Å². The molecule has 1 spiro atoms. The van der Waals surface area contributed by atoms with Crippen LogP contribution in [0.5, 0.6) is 0 Å². The second-order valence-electron chi connectivity index (χ2n) is 12.4. The van der Waals surface area contributed by atoms with E-state index in [1.807, 2.05) is 0 Å². The van der Waals surface area contributed by atoms with Gasteiger partial charge in [-0.2, -0.15) is 8.42 Å². The van der Waals surface area contributed by atoms with E-state index in [1.54, 1.807) is 24.3 Å². The fraction of sp³-hybridized carbons (Fsp3) is 0.769. The van der Waals surface area contributed by atoms with Crippen LogP contribution in [0.4, 0.5) is 0 Å². The van der Waals surface area contributed by atoms with Crippen LogP contribution in [0.25, 0.3) is 0 Å². The van der Waals surface area contributed by atoms with Crippen LogP contribution in [0.2, 0.25) is 0 Å². The molecule has 5 rings (SSSR count). The highest BCUT2D eigenvalue weighted by atomic mass is 79.9. The number of hydrogen-bond acceptors (Lipinski definition) is 3. The summed E-state index contributed by atoms with van der Waals surface area (Å²) in [6.45, 7) is 9.62. The Hall–Kier alpha value is -0.390. The monoisotopic (exact) mass is 508 g/mol. The summed E-state index contributed by atoms with van der Waals surface area (Å²) >= 11 is 3.38. The van der Waals surface area contributed by atoms with Crippen LogP contribution in [0, 0.1) is 33.5 Å². The standard InChI is InChI=1S/C26H37BrO3S/c1-23(2)20-10-14-26-16-15-24(3,17-26)12-9-21(26)25(20,4)13-11-22(23)30-31(28,29)19-7-5-18(27)6-8-19/h5-8,20-22H,9-17H2,1-4H3. The summed E-state index contributed by atoms with van der Waals surface area (Å²) in [5.41, 5.74) is 1.27. The van der Waals surface area contributed by atoms with Gasteiger partial charge in [0.25, 0.3) is 10.1 Å². The van der Waals surface area contributed by atoms with Gasteiger partial charge in [0.2, 0.25) is 0 Å². The van der Waals surface area contributed by atoms with Crippen LogP contribution in [-0.4, -0.2) is 14.5 Å². The van der Waals surface area contributed by atoms with Crippen LogP contribution in [0.3, 0.4) is 0 Å². The molecule has 0 radical (unpaired) electrons. The fourth-order valence-electron chi connectivity index (χ4n) is 8.90. The van der Waals surface area contributed by atoms with Gasteiger partial charge in [0.1, 0.15) is 0 Å².